The van der Waals surface area contributed by atoms with Gasteiger partial charge in [-0.25, -0.2) is 0 Å². The van der Waals surface area contributed by atoms with Crippen LogP contribution in [0.2, 0.25) is 0 Å². The third kappa shape index (κ3) is 6.38. The maximum absolute atomic E-state index is 5.10. The van der Waals surface area contributed by atoms with Crippen molar-refractivity contribution in [1.29, 1.82) is 0 Å². The number of nitrogens with one attached hydrogen (secondary N) is 1. The van der Waals surface area contributed by atoms with E-state index in [1.807, 2.05) is 6.08 Å². The second-order valence-corrected chi connectivity index (χ2v) is 2.93. The van der Waals surface area contributed by atoms with Crippen LogP contribution in [0.15, 0.2) is 12.7 Å². The fraction of sp³-hybridized carbons (Fsp3) is 0.800. The topological polar surface area (TPSA) is 21.3 Å². The van der Waals surface area contributed by atoms with E-state index in [1.54, 1.807) is 7.11 Å². The number of hydrogen-bond acceptors (Lipinski definition) is 2. The van der Waals surface area contributed by atoms with Gasteiger partial charge >= 0.3 is 0 Å². The summed E-state index contributed by atoms with van der Waals surface area (Å²) in [6.07, 6.45) is 5.44. The third-order valence-electron chi connectivity index (χ3n) is 1.82. The summed E-state index contributed by atoms with van der Waals surface area (Å²) in [5, 5.41) is 3.38. The van der Waals surface area contributed by atoms with Crippen molar-refractivity contribution >= 4 is 0 Å². The SMILES string of the molecule is C=CCCCC(COC)NCC. The maximum Gasteiger partial charge on any atom is 0.0615 e. The van der Waals surface area contributed by atoms with Crippen LogP contribution >= 0.6 is 0 Å². The highest BCUT2D eigenvalue weighted by Gasteiger charge is 2.04. The number of rotatable bonds is 8. The van der Waals surface area contributed by atoms with Crippen LogP contribution in [0.25, 0.3) is 0 Å². The van der Waals surface area contributed by atoms with E-state index in [4.69, 9.17) is 4.74 Å². The number of likely N-dealkylation sites (N-methyl/N-ethyl adjacent to an activating group) is 1. The highest BCUT2D eigenvalue weighted by molar-refractivity contribution is 4.70. The molecule has 0 saturated carbocycles. The normalized spacial score (nSPS) is 12.8. The molecule has 0 radical (unpaired) electrons. The first-order valence-corrected chi connectivity index (χ1v) is 4.68. The Morgan fingerprint density at radius 2 is 2.33 bits per heavy atom. The molecular weight excluding hydrogens is 150 g/mol. The second kappa shape index (κ2) is 8.75. The van der Waals surface area contributed by atoms with E-state index in [0.29, 0.717) is 6.04 Å². The van der Waals surface area contributed by atoms with Gasteiger partial charge < -0.3 is 10.1 Å². The Morgan fingerprint density at radius 3 is 2.83 bits per heavy atom. The van der Waals surface area contributed by atoms with Crippen LogP contribution < -0.4 is 5.32 Å². The Kier molecular flexibility index (Phi) is 8.51. The monoisotopic (exact) mass is 171 g/mol. The van der Waals surface area contributed by atoms with Crippen molar-refractivity contribution < 1.29 is 4.74 Å². The van der Waals surface area contributed by atoms with Gasteiger partial charge in [-0.3, -0.25) is 0 Å². The van der Waals surface area contributed by atoms with Crippen molar-refractivity contribution in [3.63, 3.8) is 0 Å². The highest BCUT2D eigenvalue weighted by Crippen LogP contribution is 2.01. The van der Waals surface area contributed by atoms with Gasteiger partial charge in [-0.2, -0.15) is 0 Å². The predicted molar refractivity (Wildman–Crippen MR) is 53.4 cm³/mol. The van der Waals surface area contributed by atoms with E-state index in [9.17, 15) is 0 Å². The predicted octanol–water partition coefficient (Wildman–Crippen LogP) is 1.97. The van der Waals surface area contributed by atoms with Crippen molar-refractivity contribution in [2.75, 3.05) is 20.3 Å². The van der Waals surface area contributed by atoms with Gasteiger partial charge in [-0.15, -0.1) is 6.58 Å². The van der Waals surface area contributed by atoms with Gasteiger partial charge in [-0.1, -0.05) is 13.0 Å². The zero-order valence-corrected chi connectivity index (χ0v) is 8.31. The molecule has 0 saturated heterocycles. The highest BCUT2D eigenvalue weighted by atomic mass is 16.5. The third-order valence-corrected chi connectivity index (χ3v) is 1.82. The van der Waals surface area contributed by atoms with Crippen LogP contribution in [0, 0.1) is 0 Å². The lowest BCUT2D eigenvalue weighted by Crippen LogP contribution is -2.32. The Morgan fingerprint density at radius 1 is 1.58 bits per heavy atom. The maximum atomic E-state index is 5.10. The molecule has 0 fully saturated rings. The molecular formula is C10H21NO. The summed E-state index contributed by atoms with van der Waals surface area (Å²) in [5.74, 6) is 0. The number of ether oxygens (including phenoxy) is 1. The molecule has 0 aromatic carbocycles. The summed E-state index contributed by atoms with van der Waals surface area (Å²) >= 11 is 0. The molecule has 0 aromatic heterocycles. The van der Waals surface area contributed by atoms with Gasteiger partial charge in [0.1, 0.15) is 0 Å². The van der Waals surface area contributed by atoms with Crippen molar-refractivity contribution in [1.82, 2.24) is 5.32 Å². The molecule has 1 unspecified atom stereocenters. The summed E-state index contributed by atoms with van der Waals surface area (Å²) in [7, 11) is 1.75. The van der Waals surface area contributed by atoms with E-state index in [0.717, 1.165) is 19.6 Å². The van der Waals surface area contributed by atoms with Crippen LogP contribution in [0.5, 0.6) is 0 Å². The molecule has 0 aromatic rings. The minimum Gasteiger partial charge on any atom is -0.383 e. The molecule has 0 rings (SSSR count). The van der Waals surface area contributed by atoms with Crippen LogP contribution in [0.4, 0.5) is 0 Å². The lowest BCUT2D eigenvalue weighted by Gasteiger charge is -2.15. The Labute approximate surface area is 76.0 Å². The zero-order valence-electron chi connectivity index (χ0n) is 8.31. The number of methoxy groups -OCH3 is 1. The van der Waals surface area contributed by atoms with E-state index in [2.05, 4.69) is 18.8 Å². The number of unbranched alkanes of at least 4 members (excludes halogenated alkanes) is 1. The molecule has 0 bridgehead atoms. The summed E-state index contributed by atoms with van der Waals surface area (Å²) in [6, 6.07) is 0.514. The molecule has 1 N–H and O–H groups in total. The van der Waals surface area contributed by atoms with Crippen LogP contribution in [-0.4, -0.2) is 26.3 Å². The first kappa shape index (κ1) is 11.7. The molecule has 2 nitrogen and oxygen atoms in total. The van der Waals surface area contributed by atoms with Gasteiger partial charge in [-0.05, 0) is 25.8 Å². The second-order valence-electron chi connectivity index (χ2n) is 2.93. The first-order chi connectivity index (χ1) is 5.85. The van der Waals surface area contributed by atoms with Gasteiger partial charge in [0.15, 0.2) is 0 Å². The van der Waals surface area contributed by atoms with Crippen molar-refractivity contribution in [3.05, 3.63) is 12.7 Å². The van der Waals surface area contributed by atoms with Crippen LogP contribution in [0.3, 0.4) is 0 Å². The minimum atomic E-state index is 0.514. The van der Waals surface area contributed by atoms with Gasteiger partial charge in [0.25, 0.3) is 0 Å². The fourth-order valence-electron chi connectivity index (χ4n) is 1.24. The summed E-state index contributed by atoms with van der Waals surface area (Å²) in [5.41, 5.74) is 0. The quantitative estimate of drug-likeness (QED) is 0.445. The van der Waals surface area contributed by atoms with Crippen LogP contribution in [-0.2, 0) is 4.74 Å². The lowest BCUT2D eigenvalue weighted by molar-refractivity contribution is 0.162. The minimum absolute atomic E-state index is 0.514. The Hall–Kier alpha value is -0.340. The average molecular weight is 171 g/mol. The summed E-state index contributed by atoms with van der Waals surface area (Å²) < 4.78 is 5.10. The van der Waals surface area contributed by atoms with E-state index in [1.165, 1.54) is 12.8 Å². The standard InChI is InChI=1S/C10H21NO/c1-4-6-7-8-10(9-12-3)11-5-2/h4,10-11H,1,5-9H2,2-3H3. The van der Waals surface area contributed by atoms with Gasteiger partial charge in [0, 0.05) is 13.2 Å². The lowest BCUT2D eigenvalue weighted by atomic mass is 10.1. The molecule has 72 valence electrons. The largest absolute Gasteiger partial charge is 0.383 e. The molecule has 0 spiro atoms. The molecule has 0 aliphatic carbocycles. The molecule has 1 atom stereocenters. The fourth-order valence-corrected chi connectivity index (χ4v) is 1.24. The molecule has 0 amide bonds. The molecule has 12 heavy (non-hydrogen) atoms. The first-order valence-electron chi connectivity index (χ1n) is 4.68. The molecule has 0 aliphatic heterocycles. The van der Waals surface area contributed by atoms with E-state index < -0.39 is 0 Å². The van der Waals surface area contributed by atoms with Crippen molar-refractivity contribution in [2.45, 2.75) is 32.2 Å². The average Bonchev–Trinajstić information content (AvgIpc) is 2.06. The van der Waals surface area contributed by atoms with E-state index in [-0.39, 0.29) is 0 Å². The Balaban J connectivity index is 3.40. The van der Waals surface area contributed by atoms with Gasteiger partial charge in [0.2, 0.25) is 0 Å². The van der Waals surface area contributed by atoms with Crippen molar-refractivity contribution in [3.8, 4) is 0 Å². The summed E-state index contributed by atoms with van der Waals surface area (Å²) in [6.45, 7) is 7.65. The van der Waals surface area contributed by atoms with E-state index >= 15 is 0 Å². The zero-order chi connectivity index (χ0) is 9.23. The number of hydrogen-bond donors (Lipinski definition) is 1. The van der Waals surface area contributed by atoms with Crippen LogP contribution in [0.1, 0.15) is 26.2 Å². The Bertz CT molecular complexity index is 98.0. The summed E-state index contributed by atoms with van der Waals surface area (Å²) in [4.78, 5) is 0. The smallest absolute Gasteiger partial charge is 0.0615 e. The molecule has 2 heteroatoms. The number of allylic oxidation sites excluding steroid dienone is 1. The molecule has 0 aliphatic rings. The van der Waals surface area contributed by atoms with Gasteiger partial charge in [0.05, 0.1) is 6.61 Å². The molecule has 0 heterocycles. The van der Waals surface area contributed by atoms with Crippen molar-refractivity contribution in [2.24, 2.45) is 0 Å².